The Morgan fingerprint density at radius 1 is 1.52 bits per heavy atom. The van der Waals surface area contributed by atoms with Gasteiger partial charge in [-0.25, -0.2) is 4.79 Å². The van der Waals surface area contributed by atoms with E-state index in [0.29, 0.717) is 0 Å². The van der Waals surface area contributed by atoms with Crippen molar-refractivity contribution in [3.8, 4) is 0 Å². The van der Waals surface area contributed by atoms with Crippen LogP contribution in [-0.4, -0.2) is 43.9 Å². The van der Waals surface area contributed by atoms with E-state index < -0.39 is 22.6 Å². The largest absolute Gasteiger partial charge is 0.464 e. The number of hydrogen-bond donors (Lipinski definition) is 2. The first-order chi connectivity index (χ1) is 9.93. The van der Waals surface area contributed by atoms with Gasteiger partial charge in [0, 0.05) is 7.05 Å². The predicted molar refractivity (Wildman–Crippen MR) is 67.7 cm³/mol. The number of nitro groups is 1. The summed E-state index contributed by atoms with van der Waals surface area (Å²) in [5.74, 6) is -1.82. The van der Waals surface area contributed by atoms with Gasteiger partial charge in [0.05, 0.1) is 25.1 Å². The van der Waals surface area contributed by atoms with Crippen molar-refractivity contribution in [2.45, 2.75) is 0 Å². The fourth-order valence-corrected chi connectivity index (χ4v) is 1.58. The number of anilines is 1. The molecule has 21 heavy (non-hydrogen) atoms. The van der Waals surface area contributed by atoms with Crippen molar-refractivity contribution in [2.24, 2.45) is 7.05 Å². The van der Waals surface area contributed by atoms with Crippen molar-refractivity contribution in [3.63, 3.8) is 0 Å². The van der Waals surface area contributed by atoms with Crippen LogP contribution >= 0.6 is 0 Å². The minimum absolute atomic E-state index is 0.0379. The van der Waals surface area contributed by atoms with Crippen LogP contribution < -0.4 is 5.32 Å². The highest BCUT2D eigenvalue weighted by Gasteiger charge is 2.22. The number of carbonyl (C=O) groups is 2. The molecule has 110 valence electrons. The minimum Gasteiger partial charge on any atom is -0.464 e. The number of carbonyl (C=O) groups excluding carboxylic acids is 2. The smallest absolute Gasteiger partial charge is 0.358 e. The third-order valence-corrected chi connectivity index (χ3v) is 2.56. The van der Waals surface area contributed by atoms with Gasteiger partial charge < -0.3 is 20.2 Å². The highest BCUT2D eigenvalue weighted by atomic mass is 16.6. The highest BCUT2D eigenvalue weighted by Crippen LogP contribution is 2.17. The van der Waals surface area contributed by atoms with E-state index in [0.717, 1.165) is 6.07 Å². The number of esters is 1. The molecule has 0 unspecified atom stereocenters. The molecule has 0 aliphatic heterocycles. The van der Waals surface area contributed by atoms with Crippen LogP contribution in [0.3, 0.4) is 0 Å². The molecule has 2 N–H and O–H groups in total. The maximum absolute atomic E-state index is 11.9. The highest BCUT2D eigenvalue weighted by molar-refractivity contribution is 6.06. The lowest BCUT2D eigenvalue weighted by atomic mass is 10.3. The van der Waals surface area contributed by atoms with Crippen molar-refractivity contribution in [3.05, 3.63) is 33.8 Å². The van der Waals surface area contributed by atoms with E-state index >= 15 is 0 Å². The number of aryl methyl sites for hydroxylation is 1. The Morgan fingerprint density at radius 3 is 2.81 bits per heavy atom. The molecule has 0 fully saturated rings. The standard InChI is InChI=1S/C10H10N6O5/c1-15-8(10(18)21-2)6(4-11-15)12-9(17)5-3-7(14-13-5)16(19)20/h3-4H,1-2H3,(H,12,17)(H,13,14). The maximum Gasteiger partial charge on any atom is 0.358 e. The summed E-state index contributed by atoms with van der Waals surface area (Å²) >= 11 is 0. The molecule has 11 nitrogen and oxygen atoms in total. The number of rotatable bonds is 4. The number of aromatic nitrogens is 4. The van der Waals surface area contributed by atoms with E-state index in [9.17, 15) is 19.7 Å². The summed E-state index contributed by atoms with van der Waals surface area (Å²) in [7, 11) is 2.69. The third kappa shape index (κ3) is 2.70. The van der Waals surface area contributed by atoms with E-state index in [1.807, 2.05) is 0 Å². The quantitative estimate of drug-likeness (QED) is 0.461. The zero-order valence-electron chi connectivity index (χ0n) is 11.0. The Kier molecular flexibility index (Phi) is 3.65. The number of aromatic amines is 1. The zero-order chi connectivity index (χ0) is 15.6. The molecular weight excluding hydrogens is 284 g/mol. The lowest BCUT2D eigenvalue weighted by molar-refractivity contribution is -0.389. The molecule has 0 radical (unpaired) electrons. The normalized spacial score (nSPS) is 10.2. The second kappa shape index (κ2) is 5.40. The van der Waals surface area contributed by atoms with Crippen LogP contribution in [0.4, 0.5) is 11.5 Å². The maximum atomic E-state index is 11.9. The van der Waals surface area contributed by atoms with Gasteiger partial charge in [-0.15, -0.1) is 5.10 Å². The number of methoxy groups -OCH3 is 1. The van der Waals surface area contributed by atoms with Gasteiger partial charge >= 0.3 is 11.8 Å². The molecule has 2 aromatic rings. The Balaban J connectivity index is 2.23. The van der Waals surface area contributed by atoms with Crippen molar-refractivity contribution in [2.75, 3.05) is 12.4 Å². The van der Waals surface area contributed by atoms with Gasteiger partial charge in [-0.05, 0) is 4.92 Å². The number of amides is 1. The molecule has 0 aliphatic rings. The average molecular weight is 294 g/mol. The Hall–Kier alpha value is -3.24. The van der Waals surface area contributed by atoms with Gasteiger partial charge in [-0.2, -0.15) is 5.10 Å². The molecule has 0 bridgehead atoms. The summed E-state index contributed by atoms with van der Waals surface area (Å²) in [6.07, 6.45) is 1.26. The van der Waals surface area contributed by atoms with Crippen molar-refractivity contribution in [1.29, 1.82) is 0 Å². The van der Waals surface area contributed by atoms with Crippen molar-refractivity contribution in [1.82, 2.24) is 20.0 Å². The van der Waals surface area contributed by atoms with Crippen LogP contribution in [0, 0.1) is 10.1 Å². The van der Waals surface area contributed by atoms with Gasteiger partial charge in [-0.1, -0.05) is 5.10 Å². The van der Waals surface area contributed by atoms with E-state index in [4.69, 9.17) is 0 Å². The van der Waals surface area contributed by atoms with E-state index in [2.05, 4.69) is 25.3 Å². The van der Waals surface area contributed by atoms with Crippen LogP contribution in [0.15, 0.2) is 12.3 Å². The molecule has 1 amide bonds. The van der Waals surface area contributed by atoms with Crippen LogP contribution in [0.2, 0.25) is 0 Å². The van der Waals surface area contributed by atoms with E-state index in [1.165, 1.54) is 25.0 Å². The lowest BCUT2D eigenvalue weighted by Gasteiger charge is -2.04. The summed E-state index contributed by atoms with van der Waals surface area (Å²) in [6.45, 7) is 0. The molecule has 0 aliphatic carbocycles. The van der Waals surface area contributed by atoms with E-state index in [1.54, 1.807) is 0 Å². The van der Waals surface area contributed by atoms with E-state index in [-0.39, 0.29) is 17.1 Å². The first kappa shape index (κ1) is 14.2. The summed E-state index contributed by atoms with van der Waals surface area (Å²) in [6, 6.07) is 0.976. The third-order valence-electron chi connectivity index (χ3n) is 2.56. The zero-order valence-corrected chi connectivity index (χ0v) is 11.0. The Labute approximate surface area is 117 Å². The molecule has 0 aromatic carbocycles. The second-order valence-corrected chi connectivity index (χ2v) is 3.87. The molecule has 2 heterocycles. The molecule has 0 atom stereocenters. The van der Waals surface area contributed by atoms with Crippen molar-refractivity contribution >= 4 is 23.4 Å². The lowest BCUT2D eigenvalue weighted by Crippen LogP contribution is -2.16. The molecule has 0 saturated carbocycles. The summed E-state index contributed by atoms with van der Waals surface area (Å²) < 4.78 is 5.81. The van der Waals surface area contributed by atoms with Crippen LogP contribution in [0.5, 0.6) is 0 Å². The summed E-state index contributed by atoms with van der Waals surface area (Å²) in [4.78, 5) is 33.3. The van der Waals surface area contributed by atoms with Crippen LogP contribution in [0.1, 0.15) is 21.0 Å². The van der Waals surface area contributed by atoms with Gasteiger partial charge in [-0.3, -0.25) is 9.48 Å². The minimum atomic E-state index is -0.725. The topological polar surface area (TPSA) is 145 Å². The van der Waals surface area contributed by atoms with Gasteiger partial charge in [0.15, 0.2) is 11.4 Å². The first-order valence-corrected chi connectivity index (χ1v) is 5.55. The number of nitrogens with one attached hydrogen (secondary N) is 2. The predicted octanol–water partition coefficient (Wildman–Crippen LogP) is 0.0903. The Morgan fingerprint density at radius 2 is 2.24 bits per heavy atom. The number of hydrogen-bond acceptors (Lipinski definition) is 7. The molecule has 0 spiro atoms. The summed E-state index contributed by atoms with van der Waals surface area (Å²) in [5.41, 5.74) is -0.0442. The number of ether oxygens (including phenoxy) is 1. The number of H-pyrrole nitrogens is 1. The monoisotopic (exact) mass is 294 g/mol. The Bertz CT molecular complexity index is 717. The van der Waals surface area contributed by atoms with Crippen LogP contribution in [-0.2, 0) is 11.8 Å². The van der Waals surface area contributed by atoms with Crippen molar-refractivity contribution < 1.29 is 19.2 Å². The van der Waals surface area contributed by atoms with Gasteiger partial charge in [0.1, 0.15) is 0 Å². The second-order valence-electron chi connectivity index (χ2n) is 3.87. The number of nitrogens with zero attached hydrogens (tertiary/aromatic N) is 4. The summed E-state index contributed by atoms with van der Waals surface area (Å²) in [5, 5.41) is 22.3. The molecule has 2 aromatic heterocycles. The SMILES string of the molecule is COC(=O)c1c(NC(=O)c2cc([N+](=O)[O-])[nH]n2)cnn1C. The molecular formula is C10H10N6O5. The molecule has 2 rings (SSSR count). The fourth-order valence-electron chi connectivity index (χ4n) is 1.58. The van der Waals surface area contributed by atoms with Gasteiger partial charge in [0.2, 0.25) is 0 Å². The fraction of sp³-hybridized carbons (Fsp3) is 0.200. The first-order valence-electron chi connectivity index (χ1n) is 5.55. The molecule has 0 saturated heterocycles. The molecule has 11 heteroatoms. The van der Waals surface area contributed by atoms with Crippen LogP contribution in [0.25, 0.3) is 0 Å². The van der Waals surface area contributed by atoms with Gasteiger partial charge in [0.25, 0.3) is 5.91 Å². The average Bonchev–Trinajstić information content (AvgIpc) is 3.05.